The zero-order valence-corrected chi connectivity index (χ0v) is 12.0. The molecule has 0 unspecified atom stereocenters. The second-order valence-corrected chi connectivity index (χ2v) is 6.11. The fourth-order valence-electron chi connectivity index (χ4n) is 2.75. The highest BCUT2D eigenvalue weighted by Crippen LogP contribution is 2.35. The van der Waals surface area contributed by atoms with E-state index in [4.69, 9.17) is 4.42 Å². The first-order valence-corrected chi connectivity index (χ1v) is 8.00. The second-order valence-electron chi connectivity index (χ2n) is 4.88. The first-order chi connectivity index (χ1) is 9.40. The quantitative estimate of drug-likeness (QED) is 0.787. The largest absolute Gasteiger partial charge is 0.461 e. The predicted molar refractivity (Wildman–Crippen MR) is 76.2 cm³/mol. The van der Waals surface area contributed by atoms with Crippen molar-refractivity contribution in [1.82, 2.24) is 14.8 Å². The van der Waals surface area contributed by atoms with E-state index in [0.717, 1.165) is 22.5 Å². The van der Waals surface area contributed by atoms with Gasteiger partial charge in [-0.1, -0.05) is 37.9 Å². The molecule has 1 saturated carbocycles. The van der Waals surface area contributed by atoms with Crippen molar-refractivity contribution in [2.75, 3.05) is 5.75 Å². The van der Waals surface area contributed by atoms with Crippen LogP contribution in [0.1, 0.15) is 45.1 Å². The highest BCUT2D eigenvalue weighted by Gasteiger charge is 2.24. The molecule has 3 rings (SSSR count). The van der Waals surface area contributed by atoms with Gasteiger partial charge in [-0.25, -0.2) is 0 Å². The summed E-state index contributed by atoms with van der Waals surface area (Å²) in [6.45, 7) is 2.15. The Morgan fingerprint density at radius 3 is 2.84 bits per heavy atom. The summed E-state index contributed by atoms with van der Waals surface area (Å²) in [7, 11) is 0. The Kier molecular flexibility index (Phi) is 3.92. The maximum absolute atomic E-state index is 5.51. The van der Waals surface area contributed by atoms with Crippen LogP contribution in [0.4, 0.5) is 0 Å². The summed E-state index contributed by atoms with van der Waals surface area (Å²) in [6, 6.07) is 4.39. The molecule has 0 amide bonds. The van der Waals surface area contributed by atoms with Gasteiger partial charge in [-0.3, -0.25) is 4.57 Å². The Bertz CT molecular complexity index is 515. The van der Waals surface area contributed by atoms with Gasteiger partial charge in [-0.05, 0) is 30.7 Å². The van der Waals surface area contributed by atoms with Gasteiger partial charge in [0.15, 0.2) is 10.9 Å². The van der Waals surface area contributed by atoms with Crippen LogP contribution in [0.2, 0.25) is 0 Å². The number of rotatable bonds is 4. The van der Waals surface area contributed by atoms with E-state index in [1.807, 2.05) is 12.1 Å². The van der Waals surface area contributed by atoms with Gasteiger partial charge in [0.25, 0.3) is 0 Å². The van der Waals surface area contributed by atoms with Crippen LogP contribution in [0.5, 0.6) is 0 Å². The third-order valence-electron chi connectivity index (χ3n) is 3.62. The van der Waals surface area contributed by atoms with Gasteiger partial charge >= 0.3 is 0 Å². The molecule has 19 heavy (non-hydrogen) atoms. The fourth-order valence-corrected chi connectivity index (χ4v) is 3.48. The molecule has 2 heterocycles. The van der Waals surface area contributed by atoms with Crippen LogP contribution in [-0.4, -0.2) is 20.5 Å². The molecule has 4 nitrogen and oxygen atoms in total. The predicted octanol–water partition coefficient (Wildman–Crippen LogP) is 4.16. The van der Waals surface area contributed by atoms with Gasteiger partial charge < -0.3 is 4.42 Å². The molecule has 0 bridgehead atoms. The van der Waals surface area contributed by atoms with E-state index in [9.17, 15) is 0 Å². The van der Waals surface area contributed by atoms with Gasteiger partial charge in [-0.15, -0.1) is 10.2 Å². The number of furan rings is 1. The summed E-state index contributed by atoms with van der Waals surface area (Å²) in [5, 5.41) is 9.73. The second kappa shape index (κ2) is 5.82. The van der Waals surface area contributed by atoms with Gasteiger partial charge in [0.05, 0.1) is 6.26 Å². The third kappa shape index (κ3) is 2.56. The summed E-state index contributed by atoms with van der Waals surface area (Å²) in [5.74, 6) is 2.72. The average molecular weight is 277 g/mol. The lowest BCUT2D eigenvalue weighted by Crippen LogP contribution is -2.15. The van der Waals surface area contributed by atoms with Crippen molar-refractivity contribution in [3.8, 4) is 11.6 Å². The van der Waals surface area contributed by atoms with Crippen LogP contribution < -0.4 is 0 Å². The van der Waals surface area contributed by atoms with E-state index in [1.165, 1.54) is 32.1 Å². The molecule has 2 aromatic rings. The van der Waals surface area contributed by atoms with Gasteiger partial charge in [-0.2, -0.15) is 0 Å². The number of hydrogen-bond donors (Lipinski definition) is 0. The molecule has 0 aromatic carbocycles. The molecule has 1 aliphatic carbocycles. The first-order valence-electron chi connectivity index (χ1n) is 7.01. The molecule has 1 fully saturated rings. The van der Waals surface area contributed by atoms with Crippen molar-refractivity contribution >= 4 is 11.8 Å². The molecule has 0 aliphatic heterocycles. The smallest absolute Gasteiger partial charge is 0.200 e. The van der Waals surface area contributed by atoms with Crippen LogP contribution in [0.25, 0.3) is 11.6 Å². The fraction of sp³-hybridized carbons (Fsp3) is 0.571. The van der Waals surface area contributed by atoms with Crippen molar-refractivity contribution in [3.05, 3.63) is 18.4 Å². The summed E-state index contributed by atoms with van der Waals surface area (Å²) in [5.41, 5.74) is 0. The summed E-state index contributed by atoms with van der Waals surface area (Å²) >= 11 is 1.76. The Morgan fingerprint density at radius 2 is 2.16 bits per heavy atom. The number of hydrogen-bond acceptors (Lipinski definition) is 4. The minimum absolute atomic E-state index is 0.526. The van der Waals surface area contributed by atoms with Gasteiger partial charge in [0.2, 0.25) is 5.82 Å². The van der Waals surface area contributed by atoms with Crippen molar-refractivity contribution < 1.29 is 4.42 Å². The maximum atomic E-state index is 5.51. The molecule has 0 radical (unpaired) electrons. The topological polar surface area (TPSA) is 43.9 Å². The molecule has 0 spiro atoms. The third-order valence-corrected chi connectivity index (χ3v) is 4.44. The van der Waals surface area contributed by atoms with Gasteiger partial charge in [0, 0.05) is 6.04 Å². The van der Waals surface area contributed by atoms with Crippen LogP contribution in [0.3, 0.4) is 0 Å². The number of aromatic nitrogens is 3. The summed E-state index contributed by atoms with van der Waals surface area (Å²) in [6.07, 6.45) is 8.10. The SMILES string of the molecule is CCSc1nnc(-c2ccco2)n1C1CCCCC1. The minimum Gasteiger partial charge on any atom is -0.461 e. The van der Waals surface area contributed by atoms with E-state index in [0.29, 0.717) is 6.04 Å². The lowest BCUT2D eigenvalue weighted by atomic mass is 9.95. The molecule has 0 atom stereocenters. The molecule has 2 aromatic heterocycles. The van der Waals surface area contributed by atoms with E-state index in [2.05, 4.69) is 21.7 Å². The van der Waals surface area contributed by atoms with E-state index < -0.39 is 0 Å². The Balaban J connectivity index is 1.99. The zero-order chi connectivity index (χ0) is 13.1. The molecule has 0 N–H and O–H groups in total. The van der Waals surface area contributed by atoms with Crippen molar-refractivity contribution in [1.29, 1.82) is 0 Å². The molecule has 0 saturated heterocycles. The Labute approximate surface area is 117 Å². The Morgan fingerprint density at radius 1 is 1.32 bits per heavy atom. The molecule has 1 aliphatic rings. The zero-order valence-electron chi connectivity index (χ0n) is 11.2. The van der Waals surface area contributed by atoms with Crippen LogP contribution >= 0.6 is 11.8 Å². The normalized spacial score (nSPS) is 16.9. The summed E-state index contributed by atoms with van der Waals surface area (Å²) in [4.78, 5) is 0. The van der Waals surface area contributed by atoms with Crippen LogP contribution in [0, 0.1) is 0 Å². The van der Waals surface area contributed by atoms with Crippen molar-refractivity contribution in [3.63, 3.8) is 0 Å². The van der Waals surface area contributed by atoms with E-state index >= 15 is 0 Å². The van der Waals surface area contributed by atoms with Crippen LogP contribution in [-0.2, 0) is 0 Å². The van der Waals surface area contributed by atoms with Crippen LogP contribution in [0.15, 0.2) is 28.0 Å². The first kappa shape index (κ1) is 12.8. The number of nitrogens with zero attached hydrogens (tertiary/aromatic N) is 3. The summed E-state index contributed by atoms with van der Waals surface area (Å²) < 4.78 is 7.81. The molecular weight excluding hydrogens is 258 g/mol. The van der Waals surface area contributed by atoms with Crippen molar-refractivity contribution in [2.45, 2.75) is 50.2 Å². The minimum atomic E-state index is 0.526. The van der Waals surface area contributed by atoms with E-state index in [1.54, 1.807) is 18.0 Å². The lowest BCUT2D eigenvalue weighted by Gasteiger charge is -2.25. The van der Waals surface area contributed by atoms with Gasteiger partial charge in [0.1, 0.15) is 0 Å². The molecule has 102 valence electrons. The lowest BCUT2D eigenvalue weighted by molar-refractivity contribution is 0.337. The molecule has 5 heteroatoms. The van der Waals surface area contributed by atoms with Crippen molar-refractivity contribution in [2.24, 2.45) is 0 Å². The van der Waals surface area contributed by atoms with E-state index in [-0.39, 0.29) is 0 Å². The monoisotopic (exact) mass is 277 g/mol. The number of thioether (sulfide) groups is 1. The highest BCUT2D eigenvalue weighted by atomic mass is 32.2. The molecular formula is C14H19N3OS. The average Bonchev–Trinajstić information content (AvgIpc) is 3.08. The maximum Gasteiger partial charge on any atom is 0.200 e. The Hall–Kier alpha value is -1.23. The highest BCUT2D eigenvalue weighted by molar-refractivity contribution is 7.99. The standard InChI is InChI=1S/C14H19N3OS/c1-2-19-14-16-15-13(12-9-6-10-18-12)17(14)11-7-4-3-5-8-11/h6,9-11H,2-5,7-8H2,1H3.